The van der Waals surface area contributed by atoms with Gasteiger partial charge in [-0.1, -0.05) is 43.2 Å². The van der Waals surface area contributed by atoms with E-state index in [9.17, 15) is 4.79 Å². The summed E-state index contributed by atoms with van der Waals surface area (Å²) in [5, 5.41) is 0.938. The van der Waals surface area contributed by atoms with Crippen LogP contribution < -0.4 is 10.5 Å². The third-order valence-corrected chi connectivity index (χ3v) is 5.16. The van der Waals surface area contributed by atoms with Gasteiger partial charge in [0.25, 0.3) is 5.56 Å². The first-order valence-corrected chi connectivity index (χ1v) is 9.26. The van der Waals surface area contributed by atoms with Crippen molar-refractivity contribution >= 4 is 17.0 Å². The molecule has 0 unspecified atom stereocenters. The molecule has 1 saturated carbocycles. The van der Waals surface area contributed by atoms with Crippen LogP contribution in [0.5, 0.6) is 0 Å². The Labute approximate surface area is 153 Å². The molecule has 2 heterocycles. The second-order valence-electron chi connectivity index (χ2n) is 7.29. The number of nitrogens with zero attached hydrogens (tertiary/aromatic N) is 4. The van der Waals surface area contributed by atoms with Crippen LogP contribution in [-0.2, 0) is 6.42 Å². The monoisotopic (exact) mass is 348 g/mol. The summed E-state index contributed by atoms with van der Waals surface area (Å²) >= 11 is 0. The molecule has 5 nitrogen and oxygen atoms in total. The third kappa shape index (κ3) is 3.09. The standard InChI is InChI=1S/C21H24N4O/c1-24(2)21-22-14-17-13-16(12-15-8-4-3-5-9-15)20(26)25(19(17)23-21)18-10-6-7-11-18/h3-5,8-9,13-14,18H,6-7,10-12H2,1-2H3. The summed E-state index contributed by atoms with van der Waals surface area (Å²) < 4.78 is 1.94. The maximum atomic E-state index is 13.3. The number of pyridine rings is 1. The average Bonchev–Trinajstić information content (AvgIpc) is 3.17. The highest BCUT2D eigenvalue weighted by atomic mass is 16.1. The predicted octanol–water partition coefficient (Wildman–Crippen LogP) is 3.56. The first kappa shape index (κ1) is 16.8. The average molecular weight is 348 g/mol. The molecule has 0 bridgehead atoms. The maximum absolute atomic E-state index is 13.3. The number of benzene rings is 1. The van der Waals surface area contributed by atoms with Gasteiger partial charge in [0.1, 0.15) is 5.65 Å². The Morgan fingerprint density at radius 2 is 1.88 bits per heavy atom. The molecule has 0 saturated heterocycles. The van der Waals surface area contributed by atoms with Gasteiger partial charge in [-0.05, 0) is 24.5 Å². The molecule has 0 radical (unpaired) electrons. The van der Waals surface area contributed by atoms with E-state index in [2.05, 4.69) is 17.1 Å². The summed E-state index contributed by atoms with van der Waals surface area (Å²) in [7, 11) is 3.84. The summed E-state index contributed by atoms with van der Waals surface area (Å²) in [5.74, 6) is 0.638. The number of fused-ring (bicyclic) bond motifs is 1. The van der Waals surface area contributed by atoms with E-state index < -0.39 is 0 Å². The van der Waals surface area contributed by atoms with Crippen molar-refractivity contribution in [1.29, 1.82) is 0 Å². The summed E-state index contributed by atoms with van der Waals surface area (Å²) in [4.78, 5) is 24.4. The van der Waals surface area contributed by atoms with Gasteiger partial charge in [-0.25, -0.2) is 4.98 Å². The van der Waals surface area contributed by atoms with Crippen molar-refractivity contribution in [3.05, 3.63) is 64.1 Å². The molecular weight excluding hydrogens is 324 g/mol. The van der Waals surface area contributed by atoms with Crippen LogP contribution in [0.4, 0.5) is 5.95 Å². The van der Waals surface area contributed by atoms with Crippen LogP contribution in [0.3, 0.4) is 0 Å². The number of rotatable bonds is 4. The van der Waals surface area contributed by atoms with Gasteiger partial charge in [0.05, 0.1) is 0 Å². The molecule has 1 aromatic carbocycles. The number of hydrogen-bond acceptors (Lipinski definition) is 4. The van der Waals surface area contributed by atoms with Crippen LogP contribution in [0.25, 0.3) is 11.0 Å². The fourth-order valence-electron chi connectivity index (χ4n) is 3.83. The Morgan fingerprint density at radius 1 is 1.15 bits per heavy atom. The summed E-state index contributed by atoms with van der Waals surface area (Å²) in [6.07, 6.45) is 6.92. The predicted molar refractivity (Wildman–Crippen MR) is 105 cm³/mol. The highest BCUT2D eigenvalue weighted by Gasteiger charge is 2.23. The van der Waals surface area contributed by atoms with Gasteiger partial charge in [-0.15, -0.1) is 0 Å². The molecule has 1 fully saturated rings. The van der Waals surface area contributed by atoms with Gasteiger partial charge >= 0.3 is 0 Å². The minimum absolute atomic E-state index is 0.0941. The van der Waals surface area contributed by atoms with Crippen LogP contribution in [0, 0.1) is 0 Å². The van der Waals surface area contributed by atoms with E-state index >= 15 is 0 Å². The summed E-state index contributed by atoms with van der Waals surface area (Å²) in [6.45, 7) is 0. The highest BCUT2D eigenvalue weighted by Crippen LogP contribution is 2.31. The van der Waals surface area contributed by atoms with E-state index in [0.717, 1.165) is 35.0 Å². The lowest BCUT2D eigenvalue weighted by atomic mass is 10.0. The molecule has 26 heavy (non-hydrogen) atoms. The Kier molecular flexibility index (Phi) is 4.45. The molecule has 0 atom stereocenters. The lowest BCUT2D eigenvalue weighted by Crippen LogP contribution is -2.28. The van der Waals surface area contributed by atoms with Crippen LogP contribution >= 0.6 is 0 Å². The fourth-order valence-corrected chi connectivity index (χ4v) is 3.83. The van der Waals surface area contributed by atoms with E-state index in [4.69, 9.17) is 4.98 Å². The Hall–Kier alpha value is -2.69. The first-order valence-electron chi connectivity index (χ1n) is 9.26. The van der Waals surface area contributed by atoms with Crippen molar-refractivity contribution < 1.29 is 0 Å². The quantitative estimate of drug-likeness (QED) is 0.723. The second-order valence-corrected chi connectivity index (χ2v) is 7.29. The topological polar surface area (TPSA) is 51.0 Å². The van der Waals surface area contributed by atoms with Gasteiger partial charge in [-0.2, -0.15) is 4.98 Å². The van der Waals surface area contributed by atoms with Crippen LogP contribution in [0.2, 0.25) is 0 Å². The van der Waals surface area contributed by atoms with Crippen molar-refractivity contribution in [3.63, 3.8) is 0 Å². The zero-order valence-electron chi connectivity index (χ0n) is 15.4. The van der Waals surface area contributed by atoms with Crippen LogP contribution in [0.15, 0.2) is 47.4 Å². The second kappa shape index (κ2) is 6.90. The van der Waals surface area contributed by atoms with Gasteiger partial charge < -0.3 is 4.90 Å². The van der Waals surface area contributed by atoms with E-state index in [1.807, 2.05) is 54.0 Å². The SMILES string of the molecule is CN(C)c1ncc2cc(Cc3ccccc3)c(=O)n(C3CCCC3)c2n1. The molecule has 4 rings (SSSR count). The Balaban J connectivity index is 1.90. The molecule has 5 heteroatoms. The van der Waals surface area contributed by atoms with Gasteiger partial charge in [0, 0.05) is 43.7 Å². The van der Waals surface area contributed by atoms with Crippen LogP contribution in [-0.4, -0.2) is 28.6 Å². The molecule has 0 aliphatic heterocycles. The van der Waals surface area contributed by atoms with Crippen LogP contribution in [0.1, 0.15) is 42.9 Å². The lowest BCUT2D eigenvalue weighted by molar-refractivity contribution is 0.513. The molecule has 1 aliphatic carbocycles. The first-order chi connectivity index (χ1) is 12.6. The smallest absolute Gasteiger partial charge is 0.256 e. The van der Waals surface area contributed by atoms with Gasteiger partial charge in [-0.3, -0.25) is 9.36 Å². The molecule has 1 aliphatic rings. The maximum Gasteiger partial charge on any atom is 0.256 e. The number of anilines is 1. The Morgan fingerprint density at radius 3 is 2.58 bits per heavy atom. The molecule has 0 spiro atoms. The van der Waals surface area contributed by atoms with Gasteiger partial charge in [0.2, 0.25) is 5.95 Å². The van der Waals surface area contributed by atoms with E-state index in [0.29, 0.717) is 12.4 Å². The van der Waals surface area contributed by atoms with E-state index in [1.54, 1.807) is 0 Å². The lowest BCUT2D eigenvalue weighted by Gasteiger charge is -2.19. The number of hydrogen-bond donors (Lipinski definition) is 0. The summed E-state index contributed by atoms with van der Waals surface area (Å²) in [6, 6.07) is 12.4. The molecule has 3 aromatic rings. The fraction of sp³-hybridized carbons (Fsp3) is 0.381. The van der Waals surface area contributed by atoms with E-state index in [1.165, 1.54) is 12.8 Å². The minimum Gasteiger partial charge on any atom is -0.347 e. The van der Waals surface area contributed by atoms with Crippen molar-refractivity contribution in [2.75, 3.05) is 19.0 Å². The van der Waals surface area contributed by atoms with Gasteiger partial charge in [0.15, 0.2) is 0 Å². The molecule has 134 valence electrons. The largest absolute Gasteiger partial charge is 0.347 e. The Bertz CT molecular complexity index is 972. The van der Waals surface area contributed by atoms with Crippen molar-refractivity contribution in [2.45, 2.75) is 38.1 Å². The minimum atomic E-state index is 0.0941. The summed E-state index contributed by atoms with van der Waals surface area (Å²) in [5.41, 5.74) is 2.82. The van der Waals surface area contributed by atoms with E-state index in [-0.39, 0.29) is 11.6 Å². The zero-order valence-corrected chi connectivity index (χ0v) is 15.4. The van der Waals surface area contributed by atoms with Crippen molar-refractivity contribution in [3.8, 4) is 0 Å². The normalized spacial score (nSPS) is 14.8. The van der Waals surface area contributed by atoms with Crippen molar-refractivity contribution in [1.82, 2.24) is 14.5 Å². The molecular formula is C21H24N4O. The highest BCUT2D eigenvalue weighted by molar-refractivity contribution is 5.76. The van der Waals surface area contributed by atoms with Crippen molar-refractivity contribution in [2.24, 2.45) is 0 Å². The number of aromatic nitrogens is 3. The molecule has 2 aromatic heterocycles. The third-order valence-electron chi connectivity index (χ3n) is 5.16. The zero-order chi connectivity index (χ0) is 18.1. The molecule has 0 amide bonds. The molecule has 0 N–H and O–H groups in total.